The largest absolute Gasteiger partial charge is 0.481 e. The molecular weight excluding hydrogens is 334 g/mol. The van der Waals surface area contributed by atoms with Crippen molar-refractivity contribution in [2.45, 2.75) is 16.2 Å². The highest BCUT2D eigenvalue weighted by atomic mass is 35.5. The average Bonchev–Trinajstić information content (AvgIpc) is 2.92. The summed E-state index contributed by atoms with van der Waals surface area (Å²) >= 11 is 7.32. The number of carboxylic acid groups (broad SMARTS) is 1. The molecule has 4 nitrogen and oxygen atoms in total. The molecule has 1 heterocycles. The van der Waals surface area contributed by atoms with Crippen molar-refractivity contribution in [2.75, 3.05) is 0 Å². The van der Waals surface area contributed by atoms with E-state index in [0.29, 0.717) is 21.4 Å². The third-order valence-electron chi connectivity index (χ3n) is 3.11. The van der Waals surface area contributed by atoms with Crippen LogP contribution < -0.4 is 0 Å². The third-order valence-corrected chi connectivity index (χ3v) is 4.49. The Hall–Kier alpha value is -2.24. The molecule has 0 saturated carbocycles. The molecule has 6 heteroatoms. The Morgan fingerprint density at radius 3 is 2.48 bits per heavy atom. The van der Waals surface area contributed by atoms with Gasteiger partial charge >= 0.3 is 5.97 Å². The highest BCUT2D eigenvalue weighted by Crippen LogP contribution is 2.38. The Morgan fingerprint density at radius 1 is 1.13 bits per heavy atom. The van der Waals surface area contributed by atoms with Crippen molar-refractivity contribution in [3.63, 3.8) is 0 Å². The topological polar surface area (TPSA) is 63.3 Å². The summed E-state index contributed by atoms with van der Waals surface area (Å²) in [6, 6.07) is 16.9. The van der Waals surface area contributed by atoms with E-state index < -0.39 is 5.97 Å². The van der Waals surface area contributed by atoms with Gasteiger partial charge < -0.3 is 9.63 Å². The fraction of sp³-hybridized carbons (Fsp3) is 0.0588. The molecule has 0 saturated heterocycles. The van der Waals surface area contributed by atoms with Gasteiger partial charge in [0.05, 0.1) is 4.90 Å². The minimum absolute atomic E-state index is 0.213. The summed E-state index contributed by atoms with van der Waals surface area (Å²) in [6.45, 7) is 0. The molecule has 0 aliphatic heterocycles. The summed E-state index contributed by atoms with van der Waals surface area (Å²) in [5.41, 5.74) is 1.52. The molecule has 0 bridgehead atoms. The van der Waals surface area contributed by atoms with Crippen LogP contribution in [0.1, 0.15) is 5.76 Å². The number of rotatable bonds is 5. The smallest absolute Gasteiger partial charge is 0.311 e. The van der Waals surface area contributed by atoms with Crippen LogP contribution in [-0.2, 0) is 11.2 Å². The van der Waals surface area contributed by atoms with Crippen LogP contribution in [0.25, 0.3) is 11.3 Å². The van der Waals surface area contributed by atoms with E-state index in [1.165, 1.54) is 11.8 Å². The van der Waals surface area contributed by atoms with Crippen LogP contribution in [0.4, 0.5) is 0 Å². The molecule has 2 aromatic carbocycles. The first-order valence-electron chi connectivity index (χ1n) is 6.82. The van der Waals surface area contributed by atoms with E-state index in [4.69, 9.17) is 21.2 Å². The number of carboxylic acids is 1. The van der Waals surface area contributed by atoms with E-state index in [2.05, 4.69) is 5.16 Å². The second-order valence-corrected chi connectivity index (χ2v) is 6.30. The average molecular weight is 346 g/mol. The standard InChI is InChI=1S/C17H12ClNO3S/c18-12-6-8-13(9-7-12)23-17-14(10-15(20)21)22-19-16(17)11-4-2-1-3-5-11/h1-9H,10H2,(H,20,21). The van der Waals surface area contributed by atoms with Gasteiger partial charge in [-0.25, -0.2) is 0 Å². The van der Waals surface area contributed by atoms with Crippen LogP contribution in [0.5, 0.6) is 0 Å². The molecule has 0 atom stereocenters. The van der Waals surface area contributed by atoms with E-state index in [-0.39, 0.29) is 6.42 Å². The Bertz CT molecular complexity index is 816. The van der Waals surface area contributed by atoms with Crippen molar-refractivity contribution in [1.82, 2.24) is 5.16 Å². The predicted octanol–water partition coefficient (Wildman–Crippen LogP) is 4.77. The molecule has 0 amide bonds. The first-order valence-corrected chi connectivity index (χ1v) is 8.02. The van der Waals surface area contributed by atoms with E-state index in [1.807, 2.05) is 42.5 Å². The van der Waals surface area contributed by atoms with Crippen LogP contribution in [0.2, 0.25) is 5.02 Å². The Morgan fingerprint density at radius 2 is 1.83 bits per heavy atom. The molecule has 0 aliphatic rings. The minimum Gasteiger partial charge on any atom is -0.481 e. The van der Waals surface area contributed by atoms with Gasteiger partial charge in [-0.15, -0.1) is 0 Å². The molecule has 0 aliphatic carbocycles. The molecule has 23 heavy (non-hydrogen) atoms. The molecule has 0 fully saturated rings. The predicted molar refractivity (Wildman–Crippen MR) is 88.9 cm³/mol. The lowest BCUT2D eigenvalue weighted by Gasteiger charge is -2.04. The number of nitrogens with zero attached hydrogens (tertiary/aromatic N) is 1. The number of aliphatic carboxylic acids is 1. The molecule has 3 rings (SSSR count). The number of carbonyl (C=O) groups is 1. The zero-order chi connectivity index (χ0) is 16.2. The second-order valence-electron chi connectivity index (χ2n) is 4.78. The van der Waals surface area contributed by atoms with E-state index in [9.17, 15) is 4.79 Å². The maximum Gasteiger partial charge on any atom is 0.311 e. The molecular formula is C17H12ClNO3S. The second kappa shape index (κ2) is 6.89. The SMILES string of the molecule is O=C(O)Cc1onc(-c2ccccc2)c1Sc1ccc(Cl)cc1. The van der Waals surface area contributed by atoms with Gasteiger partial charge in [-0.1, -0.05) is 58.9 Å². The Kier molecular flexibility index (Phi) is 4.69. The molecule has 1 N–H and O–H groups in total. The summed E-state index contributed by atoms with van der Waals surface area (Å²) in [4.78, 5) is 12.7. The zero-order valence-corrected chi connectivity index (χ0v) is 13.5. The molecule has 1 aromatic heterocycles. The molecule has 0 spiro atoms. The molecule has 116 valence electrons. The summed E-state index contributed by atoms with van der Waals surface area (Å²) < 4.78 is 5.28. The summed E-state index contributed by atoms with van der Waals surface area (Å²) in [7, 11) is 0. The quantitative estimate of drug-likeness (QED) is 0.721. The van der Waals surface area contributed by atoms with Crippen molar-refractivity contribution in [1.29, 1.82) is 0 Å². The first-order chi connectivity index (χ1) is 11.1. The normalized spacial score (nSPS) is 10.7. The summed E-state index contributed by atoms with van der Waals surface area (Å²) in [5, 5.41) is 13.8. The molecule has 3 aromatic rings. The summed E-state index contributed by atoms with van der Waals surface area (Å²) in [5.74, 6) is -0.616. The highest BCUT2D eigenvalue weighted by molar-refractivity contribution is 7.99. The lowest BCUT2D eigenvalue weighted by atomic mass is 10.1. The van der Waals surface area contributed by atoms with Gasteiger partial charge in [-0.3, -0.25) is 4.79 Å². The van der Waals surface area contributed by atoms with Crippen molar-refractivity contribution in [2.24, 2.45) is 0 Å². The van der Waals surface area contributed by atoms with Crippen LogP contribution >= 0.6 is 23.4 Å². The first kappa shape index (κ1) is 15.6. The summed E-state index contributed by atoms with van der Waals surface area (Å²) in [6.07, 6.45) is -0.213. The fourth-order valence-corrected chi connectivity index (χ4v) is 3.18. The Labute approximate surface area is 142 Å². The molecule has 0 radical (unpaired) electrons. The number of aromatic nitrogens is 1. The fourth-order valence-electron chi connectivity index (χ4n) is 2.07. The van der Waals surface area contributed by atoms with Crippen molar-refractivity contribution in [3.8, 4) is 11.3 Å². The minimum atomic E-state index is -0.960. The number of benzene rings is 2. The highest BCUT2D eigenvalue weighted by Gasteiger charge is 2.20. The van der Waals surface area contributed by atoms with Gasteiger partial charge in [0, 0.05) is 15.5 Å². The monoisotopic (exact) mass is 345 g/mol. The van der Waals surface area contributed by atoms with Crippen LogP contribution in [0, 0.1) is 0 Å². The van der Waals surface area contributed by atoms with Gasteiger partial charge in [-0.05, 0) is 24.3 Å². The number of hydrogen-bond acceptors (Lipinski definition) is 4. The maximum absolute atomic E-state index is 11.0. The zero-order valence-electron chi connectivity index (χ0n) is 11.9. The van der Waals surface area contributed by atoms with Gasteiger partial charge in [0.15, 0.2) is 5.76 Å². The maximum atomic E-state index is 11.0. The van der Waals surface area contributed by atoms with Crippen molar-refractivity contribution >= 4 is 29.3 Å². The van der Waals surface area contributed by atoms with E-state index in [0.717, 1.165) is 10.5 Å². The van der Waals surface area contributed by atoms with Crippen LogP contribution in [-0.4, -0.2) is 16.2 Å². The number of hydrogen-bond donors (Lipinski definition) is 1. The Balaban J connectivity index is 2.02. The van der Waals surface area contributed by atoms with Gasteiger partial charge in [0.2, 0.25) is 0 Å². The third kappa shape index (κ3) is 3.75. The van der Waals surface area contributed by atoms with Gasteiger partial charge in [0.1, 0.15) is 12.1 Å². The van der Waals surface area contributed by atoms with Crippen LogP contribution in [0.3, 0.4) is 0 Å². The lowest BCUT2D eigenvalue weighted by Crippen LogP contribution is -1.99. The van der Waals surface area contributed by atoms with E-state index in [1.54, 1.807) is 12.1 Å². The van der Waals surface area contributed by atoms with E-state index >= 15 is 0 Å². The number of halogens is 1. The van der Waals surface area contributed by atoms with Crippen molar-refractivity contribution < 1.29 is 14.4 Å². The van der Waals surface area contributed by atoms with Crippen molar-refractivity contribution in [3.05, 3.63) is 65.4 Å². The molecule has 0 unspecified atom stereocenters. The van der Waals surface area contributed by atoms with Crippen LogP contribution in [0.15, 0.2) is 68.9 Å². The van der Waals surface area contributed by atoms with Gasteiger partial charge in [0.25, 0.3) is 0 Å². The lowest BCUT2D eigenvalue weighted by molar-refractivity contribution is -0.136. The van der Waals surface area contributed by atoms with Gasteiger partial charge in [-0.2, -0.15) is 0 Å².